The number of rotatable bonds is 1. The third-order valence-electron chi connectivity index (χ3n) is 5.14. The lowest BCUT2D eigenvalue weighted by molar-refractivity contribution is 0.248. The Hall–Kier alpha value is -1.31. The molecule has 0 radical (unpaired) electrons. The van der Waals surface area contributed by atoms with Gasteiger partial charge in [0.2, 0.25) is 0 Å². The minimum atomic E-state index is -0.122. The Morgan fingerprint density at radius 3 is 2.25 bits per heavy atom. The predicted molar refractivity (Wildman–Crippen MR) is 87.7 cm³/mol. The Kier molecular flexibility index (Phi) is 3.48. The van der Waals surface area contributed by atoms with E-state index in [0.717, 1.165) is 11.4 Å². The van der Waals surface area contributed by atoms with Crippen molar-refractivity contribution >= 4 is 6.21 Å². The summed E-state index contributed by atoms with van der Waals surface area (Å²) >= 11 is 0. The van der Waals surface area contributed by atoms with Crippen molar-refractivity contribution in [3.8, 4) is 0 Å². The molecule has 20 heavy (non-hydrogen) atoms. The number of nitrogens with zero attached hydrogens (tertiary/aromatic N) is 1. The lowest BCUT2D eigenvalue weighted by atomic mass is 9.75. The minimum absolute atomic E-state index is 0.0900. The second-order valence-electron chi connectivity index (χ2n) is 7.82. The van der Waals surface area contributed by atoms with Crippen LogP contribution >= 0.6 is 0 Å². The van der Waals surface area contributed by atoms with E-state index in [0.29, 0.717) is 5.92 Å². The lowest BCUT2D eigenvalue weighted by Crippen LogP contribution is -2.54. The Labute approximate surface area is 123 Å². The number of hydrogen-bond donors (Lipinski definition) is 1. The first kappa shape index (κ1) is 15.1. The van der Waals surface area contributed by atoms with Crippen molar-refractivity contribution < 1.29 is 0 Å². The van der Waals surface area contributed by atoms with E-state index >= 15 is 0 Å². The van der Waals surface area contributed by atoms with Crippen LogP contribution in [0.2, 0.25) is 0 Å². The zero-order valence-corrected chi connectivity index (χ0v) is 13.9. The summed E-state index contributed by atoms with van der Waals surface area (Å²) in [5, 5.41) is 3.68. The molecule has 0 amide bonds. The van der Waals surface area contributed by atoms with Crippen molar-refractivity contribution in [3.05, 3.63) is 35.7 Å². The van der Waals surface area contributed by atoms with Crippen molar-refractivity contribution in [2.45, 2.75) is 54.0 Å². The van der Waals surface area contributed by atoms with Gasteiger partial charge in [0.05, 0.1) is 16.9 Å². The molecule has 0 saturated heterocycles. The van der Waals surface area contributed by atoms with E-state index in [4.69, 9.17) is 4.99 Å². The Morgan fingerprint density at radius 1 is 1.10 bits per heavy atom. The van der Waals surface area contributed by atoms with Gasteiger partial charge in [0.1, 0.15) is 0 Å². The van der Waals surface area contributed by atoms with Crippen molar-refractivity contribution in [2.75, 3.05) is 0 Å². The minimum Gasteiger partial charge on any atom is -0.373 e. The van der Waals surface area contributed by atoms with E-state index in [2.05, 4.69) is 84.3 Å². The summed E-state index contributed by atoms with van der Waals surface area (Å²) in [6.07, 6.45) is 11.0. The molecule has 2 aliphatic rings. The average molecular weight is 272 g/mol. The highest BCUT2D eigenvalue weighted by Gasteiger charge is 2.38. The third-order valence-corrected chi connectivity index (χ3v) is 5.14. The summed E-state index contributed by atoms with van der Waals surface area (Å²) in [7, 11) is 0. The maximum absolute atomic E-state index is 4.71. The molecule has 0 spiro atoms. The quantitative estimate of drug-likeness (QED) is 0.748. The van der Waals surface area contributed by atoms with Crippen molar-refractivity contribution in [1.29, 1.82) is 0 Å². The molecule has 0 aromatic carbocycles. The highest BCUT2D eigenvalue weighted by atomic mass is 15.1. The molecular weight excluding hydrogens is 244 g/mol. The van der Waals surface area contributed by atoms with Crippen molar-refractivity contribution in [3.63, 3.8) is 0 Å². The van der Waals surface area contributed by atoms with E-state index < -0.39 is 0 Å². The standard InChI is InChI=1S/C18H28N2/c1-13(2)17(6)10-8-14-15(9-11-17)20-18(7,12-19-14)16(3,4)5/h8-13,20H,1-7H3. The van der Waals surface area contributed by atoms with Crippen molar-refractivity contribution in [1.82, 2.24) is 5.32 Å². The molecule has 0 aromatic rings. The first-order valence-electron chi connectivity index (χ1n) is 7.54. The summed E-state index contributed by atoms with van der Waals surface area (Å²) in [5.41, 5.74) is 2.24. The van der Waals surface area contributed by atoms with Crippen LogP contribution in [-0.2, 0) is 0 Å². The normalized spacial score (nSPS) is 33.2. The van der Waals surface area contributed by atoms with E-state index in [-0.39, 0.29) is 16.4 Å². The fraction of sp³-hybridized carbons (Fsp3) is 0.611. The summed E-state index contributed by atoms with van der Waals surface area (Å²) in [4.78, 5) is 4.71. The number of allylic oxidation sites excluding steroid dienone is 4. The fourth-order valence-electron chi connectivity index (χ4n) is 2.25. The van der Waals surface area contributed by atoms with Gasteiger partial charge in [-0.1, -0.05) is 53.7 Å². The van der Waals surface area contributed by atoms with Crippen LogP contribution in [0.3, 0.4) is 0 Å². The number of nitrogens with one attached hydrogen (secondary N) is 1. The van der Waals surface area contributed by atoms with Gasteiger partial charge in [-0.2, -0.15) is 0 Å². The molecule has 110 valence electrons. The number of aliphatic imine (C=N–C) groups is 1. The Bertz CT molecular complexity index is 514. The van der Waals surface area contributed by atoms with Crippen LogP contribution in [-0.4, -0.2) is 11.8 Å². The molecule has 1 aliphatic carbocycles. The van der Waals surface area contributed by atoms with Gasteiger partial charge in [0.15, 0.2) is 0 Å². The summed E-state index contributed by atoms with van der Waals surface area (Å²) in [6, 6.07) is 0. The molecule has 1 N–H and O–H groups in total. The molecule has 0 bridgehead atoms. The fourth-order valence-corrected chi connectivity index (χ4v) is 2.25. The van der Waals surface area contributed by atoms with Crippen LogP contribution < -0.4 is 5.32 Å². The molecule has 0 saturated carbocycles. The van der Waals surface area contributed by atoms with Gasteiger partial charge in [-0.3, -0.25) is 4.99 Å². The molecule has 2 unspecified atom stereocenters. The smallest absolute Gasteiger partial charge is 0.0855 e. The predicted octanol–water partition coefficient (Wildman–Crippen LogP) is 4.47. The maximum atomic E-state index is 4.71. The molecule has 2 heteroatoms. The lowest BCUT2D eigenvalue weighted by Gasteiger charge is -2.42. The van der Waals surface area contributed by atoms with Crippen LogP contribution in [0.5, 0.6) is 0 Å². The van der Waals surface area contributed by atoms with Crippen LogP contribution in [0, 0.1) is 16.7 Å². The van der Waals surface area contributed by atoms with Gasteiger partial charge in [0.25, 0.3) is 0 Å². The van der Waals surface area contributed by atoms with Gasteiger partial charge in [-0.25, -0.2) is 0 Å². The molecule has 0 fully saturated rings. The molecule has 0 aromatic heterocycles. The zero-order valence-electron chi connectivity index (χ0n) is 13.9. The average Bonchev–Trinajstić information content (AvgIpc) is 2.49. The van der Waals surface area contributed by atoms with Gasteiger partial charge >= 0.3 is 0 Å². The van der Waals surface area contributed by atoms with Crippen LogP contribution in [0.25, 0.3) is 0 Å². The highest BCUT2D eigenvalue weighted by Crippen LogP contribution is 2.37. The van der Waals surface area contributed by atoms with Gasteiger partial charge < -0.3 is 5.32 Å². The van der Waals surface area contributed by atoms with E-state index in [9.17, 15) is 0 Å². The van der Waals surface area contributed by atoms with Crippen LogP contribution in [0.15, 0.2) is 40.7 Å². The molecular formula is C18H28N2. The molecule has 2 nitrogen and oxygen atoms in total. The first-order chi connectivity index (χ1) is 9.07. The third kappa shape index (κ3) is 2.48. The summed E-state index contributed by atoms with van der Waals surface area (Å²) in [6.45, 7) is 15.7. The highest BCUT2D eigenvalue weighted by molar-refractivity contribution is 5.75. The molecule has 1 heterocycles. The Morgan fingerprint density at radius 2 is 1.70 bits per heavy atom. The SMILES string of the molecule is CC(C)C1(C)C=CC2=C(C=C1)NC(C)(C(C)(C)C)C=N2. The first-order valence-corrected chi connectivity index (χ1v) is 7.54. The van der Waals surface area contributed by atoms with Gasteiger partial charge in [0, 0.05) is 11.6 Å². The zero-order chi connectivity index (χ0) is 15.2. The van der Waals surface area contributed by atoms with Crippen molar-refractivity contribution in [2.24, 2.45) is 21.7 Å². The second-order valence-corrected chi connectivity index (χ2v) is 7.82. The monoisotopic (exact) mass is 272 g/mol. The van der Waals surface area contributed by atoms with E-state index in [1.165, 1.54) is 0 Å². The van der Waals surface area contributed by atoms with Gasteiger partial charge in [-0.15, -0.1) is 0 Å². The van der Waals surface area contributed by atoms with Crippen LogP contribution in [0.4, 0.5) is 0 Å². The molecule has 1 aliphatic heterocycles. The van der Waals surface area contributed by atoms with Crippen LogP contribution in [0.1, 0.15) is 48.5 Å². The van der Waals surface area contributed by atoms with E-state index in [1.807, 2.05) is 0 Å². The second kappa shape index (κ2) is 4.61. The largest absolute Gasteiger partial charge is 0.373 e. The van der Waals surface area contributed by atoms with Gasteiger partial charge in [-0.05, 0) is 30.4 Å². The summed E-state index contributed by atoms with van der Waals surface area (Å²) < 4.78 is 0. The Balaban J connectivity index is 2.35. The maximum Gasteiger partial charge on any atom is 0.0855 e. The van der Waals surface area contributed by atoms with E-state index in [1.54, 1.807) is 0 Å². The summed E-state index contributed by atoms with van der Waals surface area (Å²) in [5.74, 6) is 0.564. The molecule has 2 rings (SSSR count). The molecule has 2 atom stereocenters. The number of hydrogen-bond acceptors (Lipinski definition) is 2. The topological polar surface area (TPSA) is 24.4 Å².